The van der Waals surface area contributed by atoms with Gasteiger partial charge < -0.3 is 15.6 Å². The Morgan fingerprint density at radius 1 is 1.60 bits per heavy atom. The molecule has 0 aliphatic rings. The van der Waals surface area contributed by atoms with Gasteiger partial charge in [-0.05, 0) is 24.6 Å². The lowest BCUT2D eigenvalue weighted by Crippen LogP contribution is -2.25. The minimum absolute atomic E-state index is 0.337. The van der Waals surface area contributed by atoms with E-state index >= 15 is 0 Å². The molecule has 1 aromatic carbocycles. The minimum Gasteiger partial charge on any atom is -0.444 e. The molecule has 1 aromatic rings. The number of benzene rings is 1. The van der Waals surface area contributed by atoms with E-state index < -0.39 is 24.1 Å². The average molecular weight is 213 g/mol. The van der Waals surface area contributed by atoms with Crippen LogP contribution in [0.15, 0.2) is 24.3 Å². The maximum Gasteiger partial charge on any atom is 0.404 e. The van der Waals surface area contributed by atoms with Crippen LogP contribution in [-0.4, -0.2) is 17.3 Å². The molecule has 0 spiro atoms. The van der Waals surface area contributed by atoms with Crippen molar-refractivity contribution in [3.05, 3.63) is 35.6 Å². The highest BCUT2D eigenvalue weighted by atomic mass is 19.1. The third-order valence-corrected chi connectivity index (χ3v) is 1.94. The van der Waals surface area contributed by atoms with Crippen molar-refractivity contribution in [1.82, 2.24) is 0 Å². The third-order valence-electron chi connectivity index (χ3n) is 1.94. The summed E-state index contributed by atoms with van der Waals surface area (Å²) in [5, 5.41) is 9.66. The molecule has 1 amide bonds. The molecule has 0 aliphatic carbocycles. The summed E-state index contributed by atoms with van der Waals surface area (Å²) in [6.07, 6.45) is -2.88. The normalized spacial score (nSPS) is 14.3. The fourth-order valence-corrected chi connectivity index (χ4v) is 1.21. The van der Waals surface area contributed by atoms with E-state index in [9.17, 15) is 14.3 Å². The van der Waals surface area contributed by atoms with E-state index in [1.807, 2.05) is 0 Å². The number of rotatable bonds is 3. The Labute approximate surface area is 86.5 Å². The van der Waals surface area contributed by atoms with Crippen molar-refractivity contribution in [2.45, 2.75) is 19.1 Å². The first-order chi connectivity index (χ1) is 7.00. The van der Waals surface area contributed by atoms with Crippen molar-refractivity contribution >= 4 is 6.09 Å². The number of nitrogens with two attached hydrogens (primary N) is 1. The van der Waals surface area contributed by atoms with E-state index in [2.05, 4.69) is 4.74 Å². The number of hydrogen-bond donors (Lipinski definition) is 2. The molecule has 0 saturated carbocycles. The van der Waals surface area contributed by atoms with E-state index in [1.54, 1.807) is 0 Å². The van der Waals surface area contributed by atoms with Crippen molar-refractivity contribution in [3.8, 4) is 0 Å². The summed E-state index contributed by atoms with van der Waals surface area (Å²) in [6.45, 7) is 1.47. The molecular formula is C10H12FNO3. The summed E-state index contributed by atoms with van der Waals surface area (Å²) in [5.41, 5.74) is 5.13. The highest BCUT2D eigenvalue weighted by molar-refractivity contribution is 5.64. The number of amides is 1. The Morgan fingerprint density at radius 3 is 2.80 bits per heavy atom. The monoisotopic (exact) mass is 213 g/mol. The van der Waals surface area contributed by atoms with Gasteiger partial charge in [-0.3, -0.25) is 0 Å². The minimum atomic E-state index is -1.09. The van der Waals surface area contributed by atoms with Gasteiger partial charge in [-0.1, -0.05) is 12.1 Å². The lowest BCUT2D eigenvalue weighted by Gasteiger charge is -2.18. The number of carbonyl (C=O) groups is 1. The van der Waals surface area contributed by atoms with Gasteiger partial charge in [0.05, 0.1) is 0 Å². The zero-order chi connectivity index (χ0) is 11.4. The van der Waals surface area contributed by atoms with Gasteiger partial charge in [0, 0.05) is 0 Å². The lowest BCUT2D eigenvalue weighted by atomic mass is 10.1. The standard InChI is InChI=1S/C10H12FNO3/c1-6(15-10(12)14)9(13)7-3-2-4-8(11)5-7/h2-6,9,13H,1H3,(H2,12,14)/t6-,9+/m0/s1. The maximum atomic E-state index is 12.8. The van der Waals surface area contributed by atoms with Gasteiger partial charge in [-0.2, -0.15) is 0 Å². The van der Waals surface area contributed by atoms with Crippen LogP contribution >= 0.6 is 0 Å². The second kappa shape index (κ2) is 4.75. The number of aliphatic hydroxyl groups excluding tert-OH is 1. The first-order valence-electron chi connectivity index (χ1n) is 4.40. The Morgan fingerprint density at radius 2 is 2.27 bits per heavy atom. The van der Waals surface area contributed by atoms with Crippen LogP contribution in [0.25, 0.3) is 0 Å². The highest BCUT2D eigenvalue weighted by Gasteiger charge is 2.19. The van der Waals surface area contributed by atoms with E-state index in [-0.39, 0.29) is 0 Å². The fourth-order valence-electron chi connectivity index (χ4n) is 1.21. The van der Waals surface area contributed by atoms with Gasteiger partial charge in [0.2, 0.25) is 0 Å². The largest absolute Gasteiger partial charge is 0.444 e. The molecule has 0 bridgehead atoms. The van der Waals surface area contributed by atoms with Gasteiger partial charge in [0.1, 0.15) is 18.0 Å². The van der Waals surface area contributed by atoms with Crippen LogP contribution in [0.5, 0.6) is 0 Å². The Balaban J connectivity index is 2.75. The summed E-state index contributed by atoms with van der Waals surface area (Å²) in [4.78, 5) is 10.4. The number of halogens is 1. The molecule has 5 heteroatoms. The summed E-state index contributed by atoms with van der Waals surface area (Å²) in [5.74, 6) is -0.460. The fraction of sp³-hybridized carbons (Fsp3) is 0.300. The van der Waals surface area contributed by atoms with Gasteiger partial charge in [-0.25, -0.2) is 9.18 Å². The summed E-state index contributed by atoms with van der Waals surface area (Å²) < 4.78 is 17.4. The molecule has 2 atom stereocenters. The molecule has 3 N–H and O–H groups in total. The first-order valence-corrected chi connectivity index (χ1v) is 4.40. The Kier molecular flexibility index (Phi) is 3.62. The van der Waals surface area contributed by atoms with Crippen LogP contribution in [0.1, 0.15) is 18.6 Å². The molecule has 0 aromatic heterocycles. The molecule has 0 fully saturated rings. The predicted molar refractivity (Wildman–Crippen MR) is 51.5 cm³/mol. The Hall–Kier alpha value is -1.62. The molecular weight excluding hydrogens is 201 g/mol. The SMILES string of the molecule is C[C@H](OC(N)=O)[C@@H](O)c1cccc(F)c1. The number of primary amides is 1. The number of hydrogen-bond acceptors (Lipinski definition) is 3. The lowest BCUT2D eigenvalue weighted by molar-refractivity contribution is 0.0156. The highest BCUT2D eigenvalue weighted by Crippen LogP contribution is 2.19. The van der Waals surface area contributed by atoms with E-state index in [4.69, 9.17) is 5.73 Å². The molecule has 1 rings (SSSR count). The first kappa shape index (κ1) is 11.5. The van der Waals surface area contributed by atoms with E-state index in [0.29, 0.717) is 5.56 Å². The van der Waals surface area contributed by atoms with Crippen molar-refractivity contribution in [2.75, 3.05) is 0 Å². The van der Waals surface area contributed by atoms with Gasteiger partial charge in [0.15, 0.2) is 0 Å². The van der Waals surface area contributed by atoms with Crippen molar-refractivity contribution in [2.24, 2.45) is 5.73 Å². The van der Waals surface area contributed by atoms with Gasteiger partial charge in [0.25, 0.3) is 0 Å². The smallest absolute Gasteiger partial charge is 0.404 e. The van der Waals surface area contributed by atoms with Crippen LogP contribution in [0, 0.1) is 5.82 Å². The quantitative estimate of drug-likeness (QED) is 0.795. The third kappa shape index (κ3) is 3.21. The van der Waals surface area contributed by atoms with Crippen molar-refractivity contribution in [1.29, 1.82) is 0 Å². The molecule has 15 heavy (non-hydrogen) atoms. The van der Waals surface area contributed by atoms with Crippen LogP contribution < -0.4 is 5.73 Å². The second-order valence-electron chi connectivity index (χ2n) is 3.14. The average Bonchev–Trinajstić information content (AvgIpc) is 2.15. The van der Waals surface area contributed by atoms with Crippen LogP contribution in [0.4, 0.5) is 9.18 Å². The number of aliphatic hydroxyl groups is 1. The van der Waals surface area contributed by atoms with E-state index in [0.717, 1.165) is 0 Å². The summed E-state index contributed by atoms with van der Waals surface area (Å²) in [6, 6.07) is 5.43. The van der Waals surface area contributed by atoms with Gasteiger partial charge in [-0.15, -0.1) is 0 Å². The predicted octanol–water partition coefficient (Wildman–Crippen LogP) is 1.34. The molecule has 0 saturated heterocycles. The Bertz CT molecular complexity index is 356. The summed E-state index contributed by atoms with van der Waals surface area (Å²) in [7, 11) is 0. The van der Waals surface area contributed by atoms with Gasteiger partial charge >= 0.3 is 6.09 Å². The molecule has 0 heterocycles. The second-order valence-corrected chi connectivity index (χ2v) is 3.14. The molecule has 0 radical (unpaired) electrons. The maximum absolute atomic E-state index is 12.8. The topological polar surface area (TPSA) is 72.5 Å². The molecule has 0 aliphatic heterocycles. The van der Waals surface area contributed by atoms with Crippen molar-refractivity contribution in [3.63, 3.8) is 0 Å². The van der Waals surface area contributed by atoms with Crippen LogP contribution in [-0.2, 0) is 4.74 Å². The molecule has 4 nitrogen and oxygen atoms in total. The summed E-state index contributed by atoms with van der Waals surface area (Å²) >= 11 is 0. The zero-order valence-electron chi connectivity index (χ0n) is 8.18. The molecule has 82 valence electrons. The van der Waals surface area contributed by atoms with Crippen LogP contribution in [0.2, 0.25) is 0 Å². The number of carbonyl (C=O) groups excluding carboxylic acids is 1. The number of ether oxygens (including phenoxy) is 1. The van der Waals surface area contributed by atoms with E-state index in [1.165, 1.54) is 31.2 Å². The van der Waals surface area contributed by atoms with Crippen LogP contribution in [0.3, 0.4) is 0 Å². The van der Waals surface area contributed by atoms with Crippen molar-refractivity contribution < 1.29 is 19.0 Å². The zero-order valence-corrected chi connectivity index (χ0v) is 8.18. The molecule has 0 unspecified atom stereocenters.